The fraction of sp³-hybridized carbons (Fsp3) is 0.167. The maximum Gasteiger partial charge on any atom is 0.254 e. The number of furan rings is 1. The number of carbonyl (C=O) groups excluding carboxylic acids is 1. The van der Waals surface area contributed by atoms with Gasteiger partial charge in [-0.3, -0.25) is 14.2 Å². The average molecular weight is 339 g/mol. The molecule has 0 aliphatic carbocycles. The van der Waals surface area contributed by atoms with E-state index in [9.17, 15) is 9.59 Å². The molecule has 0 unspecified atom stereocenters. The Hall–Kier alpha value is -3.35. The van der Waals surface area contributed by atoms with Crippen molar-refractivity contribution in [2.45, 2.75) is 6.54 Å². The molecule has 25 heavy (non-hydrogen) atoms. The zero-order valence-corrected chi connectivity index (χ0v) is 13.4. The maximum absolute atomic E-state index is 12.1. The number of para-hydroxylation sites is 1. The highest BCUT2D eigenvalue weighted by Gasteiger charge is 2.08. The van der Waals surface area contributed by atoms with Crippen molar-refractivity contribution in [1.82, 2.24) is 14.9 Å². The second-order valence-corrected chi connectivity index (χ2v) is 5.23. The van der Waals surface area contributed by atoms with Gasteiger partial charge < -0.3 is 14.5 Å². The van der Waals surface area contributed by atoms with Crippen molar-refractivity contribution >= 4 is 5.91 Å². The Morgan fingerprint density at radius 2 is 2.04 bits per heavy atom. The summed E-state index contributed by atoms with van der Waals surface area (Å²) in [6.45, 7) is 0.594. The molecule has 1 N–H and O–H groups in total. The van der Waals surface area contributed by atoms with E-state index in [-0.39, 0.29) is 18.0 Å². The Kier molecular flexibility index (Phi) is 5.26. The maximum atomic E-state index is 12.1. The van der Waals surface area contributed by atoms with Gasteiger partial charge in [0.05, 0.1) is 19.1 Å². The van der Waals surface area contributed by atoms with Crippen LogP contribution in [0.15, 0.2) is 70.3 Å². The molecule has 7 nitrogen and oxygen atoms in total. The highest BCUT2D eigenvalue weighted by atomic mass is 16.5. The molecule has 0 saturated heterocycles. The third-order valence-electron chi connectivity index (χ3n) is 3.40. The lowest BCUT2D eigenvalue weighted by molar-refractivity contribution is -0.121. The van der Waals surface area contributed by atoms with Crippen LogP contribution in [0.1, 0.15) is 0 Å². The molecule has 0 atom stereocenters. The fourth-order valence-electron chi connectivity index (χ4n) is 2.19. The molecule has 3 aromatic rings. The van der Waals surface area contributed by atoms with E-state index < -0.39 is 0 Å². The zero-order chi connectivity index (χ0) is 17.5. The minimum absolute atomic E-state index is 0.102. The standard InChI is InChI=1S/C18H17N3O4/c22-17(19-8-10-24-14-5-2-1-3-6-14)12-21-13-20-15(11-18(21)23)16-7-4-9-25-16/h1-7,9,11,13H,8,10,12H2,(H,19,22). The van der Waals surface area contributed by atoms with Crippen LogP contribution in [-0.4, -0.2) is 28.6 Å². The molecule has 0 radical (unpaired) electrons. The molecule has 7 heteroatoms. The number of aromatic nitrogens is 2. The Labute approximate surface area is 143 Å². The lowest BCUT2D eigenvalue weighted by Gasteiger charge is -2.09. The first kappa shape index (κ1) is 16.5. The van der Waals surface area contributed by atoms with Crippen LogP contribution in [0.2, 0.25) is 0 Å². The Morgan fingerprint density at radius 3 is 2.76 bits per heavy atom. The van der Waals surface area contributed by atoms with Crippen molar-refractivity contribution in [1.29, 1.82) is 0 Å². The summed E-state index contributed by atoms with van der Waals surface area (Å²) in [4.78, 5) is 28.1. The van der Waals surface area contributed by atoms with E-state index >= 15 is 0 Å². The number of rotatable bonds is 7. The van der Waals surface area contributed by atoms with Crippen LogP contribution in [0.4, 0.5) is 0 Å². The van der Waals surface area contributed by atoms with Gasteiger partial charge in [0, 0.05) is 6.07 Å². The first-order valence-corrected chi connectivity index (χ1v) is 7.77. The van der Waals surface area contributed by atoms with E-state index in [0.717, 1.165) is 5.75 Å². The number of hydrogen-bond acceptors (Lipinski definition) is 5. The van der Waals surface area contributed by atoms with Crippen molar-refractivity contribution < 1.29 is 13.9 Å². The van der Waals surface area contributed by atoms with Gasteiger partial charge in [-0.25, -0.2) is 4.98 Å². The molecule has 2 heterocycles. The molecule has 3 rings (SSSR count). The van der Waals surface area contributed by atoms with E-state index in [1.807, 2.05) is 30.3 Å². The van der Waals surface area contributed by atoms with Crippen LogP contribution in [-0.2, 0) is 11.3 Å². The third-order valence-corrected chi connectivity index (χ3v) is 3.40. The highest BCUT2D eigenvalue weighted by Crippen LogP contribution is 2.14. The number of nitrogens with zero attached hydrogens (tertiary/aromatic N) is 2. The topological polar surface area (TPSA) is 86.4 Å². The summed E-state index contributed by atoms with van der Waals surface area (Å²) in [5, 5.41) is 2.70. The summed E-state index contributed by atoms with van der Waals surface area (Å²) in [6, 6.07) is 14.1. The number of carbonyl (C=O) groups is 1. The first-order chi connectivity index (χ1) is 12.2. The van der Waals surface area contributed by atoms with Crippen LogP contribution in [0.3, 0.4) is 0 Å². The van der Waals surface area contributed by atoms with Gasteiger partial charge in [0.1, 0.15) is 24.6 Å². The number of benzene rings is 1. The van der Waals surface area contributed by atoms with Crippen molar-refractivity contribution in [2.75, 3.05) is 13.2 Å². The molecule has 0 saturated carbocycles. The summed E-state index contributed by atoms with van der Waals surface area (Å²) in [7, 11) is 0. The van der Waals surface area contributed by atoms with E-state index in [0.29, 0.717) is 24.6 Å². The van der Waals surface area contributed by atoms with Crippen LogP contribution in [0.5, 0.6) is 5.75 Å². The van der Waals surface area contributed by atoms with Gasteiger partial charge in [0.2, 0.25) is 5.91 Å². The number of amides is 1. The van der Waals surface area contributed by atoms with E-state index in [2.05, 4.69) is 10.3 Å². The largest absolute Gasteiger partial charge is 0.492 e. The van der Waals surface area contributed by atoms with Crippen molar-refractivity contribution in [3.8, 4) is 17.2 Å². The van der Waals surface area contributed by atoms with Gasteiger partial charge in [0.15, 0.2) is 5.76 Å². The first-order valence-electron chi connectivity index (χ1n) is 7.77. The molecule has 0 aliphatic heterocycles. The van der Waals surface area contributed by atoms with Crippen molar-refractivity contribution in [2.24, 2.45) is 0 Å². The normalized spacial score (nSPS) is 10.4. The summed E-state index contributed by atoms with van der Waals surface area (Å²) < 4.78 is 11.9. The molecule has 128 valence electrons. The fourth-order valence-corrected chi connectivity index (χ4v) is 2.19. The lowest BCUT2D eigenvalue weighted by atomic mass is 10.3. The van der Waals surface area contributed by atoms with Gasteiger partial charge in [-0.1, -0.05) is 18.2 Å². The molecule has 0 fully saturated rings. The van der Waals surface area contributed by atoms with Crippen molar-refractivity contribution in [3.05, 3.63) is 71.5 Å². The average Bonchev–Trinajstić information content (AvgIpc) is 3.16. The molecule has 0 bridgehead atoms. The van der Waals surface area contributed by atoms with E-state index in [1.165, 1.54) is 23.2 Å². The lowest BCUT2D eigenvalue weighted by Crippen LogP contribution is -2.34. The van der Waals surface area contributed by atoms with Gasteiger partial charge >= 0.3 is 0 Å². The van der Waals surface area contributed by atoms with Crippen LogP contribution >= 0.6 is 0 Å². The van der Waals surface area contributed by atoms with Gasteiger partial charge in [-0.2, -0.15) is 0 Å². The molecule has 0 spiro atoms. The zero-order valence-electron chi connectivity index (χ0n) is 13.4. The summed E-state index contributed by atoms with van der Waals surface area (Å²) in [6.07, 6.45) is 2.84. The highest BCUT2D eigenvalue weighted by molar-refractivity contribution is 5.75. The van der Waals surface area contributed by atoms with Gasteiger partial charge in [-0.05, 0) is 24.3 Å². The summed E-state index contributed by atoms with van der Waals surface area (Å²) >= 11 is 0. The predicted molar refractivity (Wildman–Crippen MR) is 91.1 cm³/mol. The molecule has 0 aliphatic rings. The second kappa shape index (κ2) is 7.96. The summed E-state index contributed by atoms with van der Waals surface area (Å²) in [5.41, 5.74) is 0.111. The van der Waals surface area contributed by atoms with Gasteiger partial charge in [0.25, 0.3) is 5.56 Å². The SMILES string of the molecule is O=C(Cn1cnc(-c2ccco2)cc1=O)NCCOc1ccccc1. The second-order valence-electron chi connectivity index (χ2n) is 5.23. The Balaban J connectivity index is 1.48. The number of nitrogens with one attached hydrogen (secondary N) is 1. The monoisotopic (exact) mass is 339 g/mol. The number of hydrogen-bond donors (Lipinski definition) is 1. The molecule has 1 amide bonds. The number of ether oxygens (including phenoxy) is 1. The molecular formula is C18H17N3O4. The van der Waals surface area contributed by atoms with Crippen molar-refractivity contribution in [3.63, 3.8) is 0 Å². The van der Waals surface area contributed by atoms with Crippen LogP contribution in [0, 0.1) is 0 Å². The minimum Gasteiger partial charge on any atom is -0.492 e. The minimum atomic E-state index is -0.322. The molecule has 2 aromatic heterocycles. The predicted octanol–water partition coefficient (Wildman–Crippen LogP) is 1.70. The quantitative estimate of drug-likeness (QED) is 0.662. The van der Waals surface area contributed by atoms with Gasteiger partial charge in [-0.15, -0.1) is 0 Å². The Bertz CT molecular complexity index is 873. The van der Waals surface area contributed by atoms with E-state index in [1.54, 1.807) is 12.1 Å². The third kappa shape index (κ3) is 4.57. The Morgan fingerprint density at radius 1 is 1.20 bits per heavy atom. The van der Waals surface area contributed by atoms with Crippen LogP contribution in [0.25, 0.3) is 11.5 Å². The smallest absolute Gasteiger partial charge is 0.254 e. The summed E-state index contributed by atoms with van der Waals surface area (Å²) in [5.74, 6) is 0.962. The molecular weight excluding hydrogens is 322 g/mol. The van der Waals surface area contributed by atoms with Crippen LogP contribution < -0.4 is 15.6 Å². The molecule has 1 aromatic carbocycles. The van der Waals surface area contributed by atoms with E-state index in [4.69, 9.17) is 9.15 Å².